The quantitative estimate of drug-likeness (QED) is 0.741. The van der Waals surface area contributed by atoms with Crippen LogP contribution in [0.25, 0.3) is 0 Å². The molecule has 2 rings (SSSR count). The number of urea groups is 1. The number of amides is 3. The fourth-order valence-electron chi connectivity index (χ4n) is 3.09. The first kappa shape index (κ1) is 19.2. The SMILES string of the molecule is CCCN1CCC(NC(=O)c2ccccc2NC(=O)NC(C)C)CC1. The van der Waals surface area contributed by atoms with Crippen molar-refractivity contribution in [3.05, 3.63) is 29.8 Å². The van der Waals surface area contributed by atoms with E-state index in [1.165, 1.54) is 0 Å². The van der Waals surface area contributed by atoms with E-state index in [0.717, 1.165) is 38.9 Å². The molecule has 0 aromatic heterocycles. The number of carbonyl (C=O) groups is 2. The van der Waals surface area contributed by atoms with Crippen molar-refractivity contribution >= 4 is 17.6 Å². The molecule has 1 saturated heterocycles. The minimum absolute atomic E-state index is 0.0364. The Balaban J connectivity index is 1.94. The molecular weight excluding hydrogens is 316 g/mol. The third-order valence-corrected chi connectivity index (χ3v) is 4.30. The maximum Gasteiger partial charge on any atom is 0.319 e. The number of anilines is 1. The number of rotatable bonds is 6. The zero-order valence-electron chi connectivity index (χ0n) is 15.5. The molecule has 1 aliphatic rings. The Hall–Kier alpha value is -2.08. The van der Waals surface area contributed by atoms with Gasteiger partial charge in [0.1, 0.15) is 0 Å². The second-order valence-electron chi connectivity index (χ2n) is 6.89. The van der Waals surface area contributed by atoms with Gasteiger partial charge in [-0.15, -0.1) is 0 Å². The molecule has 0 atom stereocenters. The van der Waals surface area contributed by atoms with E-state index >= 15 is 0 Å². The van der Waals surface area contributed by atoms with E-state index in [-0.39, 0.29) is 24.0 Å². The largest absolute Gasteiger partial charge is 0.349 e. The van der Waals surface area contributed by atoms with E-state index in [0.29, 0.717) is 11.3 Å². The van der Waals surface area contributed by atoms with E-state index in [1.807, 2.05) is 26.0 Å². The highest BCUT2D eigenvalue weighted by atomic mass is 16.2. The summed E-state index contributed by atoms with van der Waals surface area (Å²) in [7, 11) is 0. The average molecular weight is 346 g/mol. The van der Waals surface area contributed by atoms with Crippen molar-refractivity contribution in [1.29, 1.82) is 0 Å². The number of carbonyl (C=O) groups excluding carboxylic acids is 2. The van der Waals surface area contributed by atoms with Gasteiger partial charge < -0.3 is 20.9 Å². The predicted molar refractivity (Wildman–Crippen MR) is 101 cm³/mol. The van der Waals surface area contributed by atoms with Crippen LogP contribution in [0.3, 0.4) is 0 Å². The van der Waals surface area contributed by atoms with E-state index in [4.69, 9.17) is 0 Å². The predicted octanol–water partition coefficient (Wildman–Crippen LogP) is 2.82. The van der Waals surface area contributed by atoms with E-state index in [2.05, 4.69) is 27.8 Å². The summed E-state index contributed by atoms with van der Waals surface area (Å²) in [5.41, 5.74) is 1.03. The van der Waals surface area contributed by atoms with Crippen molar-refractivity contribution in [3.8, 4) is 0 Å². The summed E-state index contributed by atoms with van der Waals surface area (Å²) in [5, 5.41) is 8.65. The molecule has 1 aromatic carbocycles. The van der Waals surface area contributed by atoms with Gasteiger partial charge in [-0.1, -0.05) is 19.1 Å². The first-order chi connectivity index (χ1) is 12.0. The fourth-order valence-corrected chi connectivity index (χ4v) is 3.09. The first-order valence-electron chi connectivity index (χ1n) is 9.19. The van der Waals surface area contributed by atoms with Gasteiger partial charge in [0.2, 0.25) is 0 Å². The van der Waals surface area contributed by atoms with Gasteiger partial charge in [0.05, 0.1) is 11.3 Å². The standard InChI is InChI=1S/C19H30N4O2/c1-4-11-23-12-9-15(10-13-23)21-18(24)16-7-5-6-8-17(16)22-19(25)20-14(2)3/h5-8,14-15H,4,9-13H2,1-3H3,(H,21,24)(H2,20,22,25). The second-order valence-corrected chi connectivity index (χ2v) is 6.89. The van der Waals surface area contributed by atoms with Crippen LogP contribution in [-0.2, 0) is 0 Å². The Morgan fingerprint density at radius 2 is 1.88 bits per heavy atom. The van der Waals surface area contributed by atoms with Gasteiger partial charge in [0.15, 0.2) is 0 Å². The molecule has 6 heteroatoms. The van der Waals surface area contributed by atoms with Gasteiger partial charge in [-0.2, -0.15) is 0 Å². The van der Waals surface area contributed by atoms with Gasteiger partial charge in [-0.3, -0.25) is 4.79 Å². The van der Waals surface area contributed by atoms with Crippen molar-refractivity contribution in [1.82, 2.24) is 15.5 Å². The van der Waals surface area contributed by atoms with E-state index in [1.54, 1.807) is 12.1 Å². The number of likely N-dealkylation sites (tertiary alicyclic amines) is 1. The molecule has 0 aliphatic carbocycles. The molecule has 1 heterocycles. The minimum atomic E-state index is -0.303. The summed E-state index contributed by atoms with van der Waals surface area (Å²) >= 11 is 0. The van der Waals surface area contributed by atoms with Crippen molar-refractivity contribution in [2.24, 2.45) is 0 Å². The van der Waals surface area contributed by atoms with Crippen molar-refractivity contribution in [2.45, 2.75) is 52.1 Å². The molecule has 25 heavy (non-hydrogen) atoms. The summed E-state index contributed by atoms with van der Waals surface area (Å²) in [4.78, 5) is 27.0. The van der Waals surface area contributed by atoms with Gasteiger partial charge in [0, 0.05) is 25.2 Å². The number of para-hydroxylation sites is 1. The van der Waals surface area contributed by atoms with Gasteiger partial charge in [0.25, 0.3) is 5.91 Å². The maximum absolute atomic E-state index is 12.6. The smallest absolute Gasteiger partial charge is 0.319 e. The minimum Gasteiger partial charge on any atom is -0.349 e. The summed E-state index contributed by atoms with van der Waals surface area (Å²) in [5.74, 6) is -0.130. The molecule has 138 valence electrons. The molecule has 0 radical (unpaired) electrons. The zero-order chi connectivity index (χ0) is 18.2. The number of nitrogens with zero attached hydrogens (tertiary/aromatic N) is 1. The van der Waals surface area contributed by atoms with Gasteiger partial charge in [-0.05, 0) is 51.8 Å². The molecule has 1 aliphatic heterocycles. The molecule has 6 nitrogen and oxygen atoms in total. The summed E-state index contributed by atoms with van der Waals surface area (Å²) in [6.45, 7) is 9.14. The molecule has 0 bridgehead atoms. The molecule has 1 fully saturated rings. The zero-order valence-corrected chi connectivity index (χ0v) is 15.5. The maximum atomic E-state index is 12.6. The summed E-state index contributed by atoms with van der Waals surface area (Å²) < 4.78 is 0. The Kier molecular flexibility index (Phi) is 7.25. The lowest BCUT2D eigenvalue weighted by Gasteiger charge is -2.32. The van der Waals surface area contributed by atoms with Crippen molar-refractivity contribution in [3.63, 3.8) is 0 Å². The van der Waals surface area contributed by atoms with Crippen LogP contribution in [-0.4, -0.2) is 48.6 Å². The molecule has 0 spiro atoms. The topological polar surface area (TPSA) is 73.5 Å². The Labute approximate surface area is 150 Å². The van der Waals surface area contributed by atoms with Crippen LogP contribution < -0.4 is 16.0 Å². The normalized spacial score (nSPS) is 15.8. The molecule has 0 unspecified atom stereocenters. The monoisotopic (exact) mass is 346 g/mol. The highest BCUT2D eigenvalue weighted by molar-refractivity contribution is 6.03. The third-order valence-electron chi connectivity index (χ3n) is 4.30. The Bertz CT molecular complexity index is 581. The number of benzene rings is 1. The van der Waals surface area contributed by atoms with Crippen molar-refractivity contribution in [2.75, 3.05) is 25.0 Å². The number of hydrogen-bond acceptors (Lipinski definition) is 3. The lowest BCUT2D eigenvalue weighted by molar-refractivity contribution is 0.0912. The van der Waals surface area contributed by atoms with E-state index in [9.17, 15) is 9.59 Å². The third kappa shape index (κ3) is 6.05. The molecule has 0 saturated carbocycles. The van der Waals surface area contributed by atoms with Crippen LogP contribution in [0.2, 0.25) is 0 Å². The first-order valence-corrected chi connectivity index (χ1v) is 9.19. The Morgan fingerprint density at radius 3 is 2.52 bits per heavy atom. The molecule has 1 aromatic rings. The summed E-state index contributed by atoms with van der Waals surface area (Å²) in [6.07, 6.45) is 3.10. The highest BCUT2D eigenvalue weighted by Gasteiger charge is 2.22. The molecule has 3 amide bonds. The van der Waals surface area contributed by atoms with Crippen LogP contribution in [0.15, 0.2) is 24.3 Å². The molecule has 3 N–H and O–H groups in total. The lowest BCUT2D eigenvalue weighted by Crippen LogP contribution is -2.45. The van der Waals surface area contributed by atoms with Crippen LogP contribution in [0, 0.1) is 0 Å². The number of hydrogen-bond donors (Lipinski definition) is 3. The van der Waals surface area contributed by atoms with Gasteiger partial charge >= 0.3 is 6.03 Å². The van der Waals surface area contributed by atoms with Crippen LogP contribution in [0.4, 0.5) is 10.5 Å². The van der Waals surface area contributed by atoms with Crippen LogP contribution in [0.5, 0.6) is 0 Å². The van der Waals surface area contributed by atoms with E-state index < -0.39 is 0 Å². The fraction of sp³-hybridized carbons (Fsp3) is 0.579. The second kappa shape index (κ2) is 9.42. The average Bonchev–Trinajstić information content (AvgIpc) is 2.56. The number of piperidine rings is 1. The number of nitrogens with one attached hydrogen (secondary N) is 3. The molecular formula is C19H30N4O2. The lowest BCUT2D eigenvalue weighted by atomic mass is 10.0. The van der Waals surface area contributed by atoms with Crippen LogP contribution >= 0.6 is 0 Å². The van der Waals surface area contributed by atoms with Crippen LogP contribution in [0.1, 0.15) is 50.4 Å². The van der Waals surface area contributed by atoms with Gasteiger partial charge in [-0.25, -0.2) is 4.79 Å². The Morgan fingerprint density at radius 1 is 1.20 bits per heavy atom. The summed E-state index contributed by atoms with van der Waals surface area (Å²) in [6, 6.07) is 7.04. The van der Waals surface area contributed by atoms with Crippen molar-refractivity contribution < 1.29 is 9.59 Å². The highest BCUT2D eigenvalue weighted by Crippen LogP contribution is 2.17.